The lowest BCUT2D eigenvalue weighted by Crippen LogP contribution is -2.30. The van der Waals surface area contributed by atoms with E-state index < -0.39 is 0 Å². The van der Waals surface area contributed by atoms with Crippen LogP contribution in [-0.2, 0) is 11.3 Å². The summed E-state index contributed by atoms with van der Waals surface area (Å²) in [6.45, 7) is 6.18. The average Bonchev–Trinajstić information content (AvgIpc) is 3.23. The molecule has 130 valence electrons. The Kier molecular flexibility index (Phi) is 5.23. The number of carbonyl (C=O) groups excluding carboxylic acids is 1. The van der Waals surface area contributed by atoms with Gasteiger partial charge < -0.3 is 9.73 Å². The Morgan fingerprint density at radius 1 is 1.24 bits per heavy atom. The first-order valence-corrected chi connectivity index (χ1v) is 8.89. The van der Waals surface area contributed by atoms with Gasteiger partial charge in [0.2, 0.25) is 5.91 Å². The first-order chi connectivity index (χ1) is 12.1. The molecule has 1 atom stereocenters. The van der Waals surface area contributed by atoms with Gasteiger partial charge in [0.1, 0.15) is 11.6 Å². The van der Waals surface area contributed by atoms with Crippen molar-refractivity contribution in [2.45, 2.75) is 37.7 Å². The number of nitrogens with zero attached hydrogens (tertiary/aromatic N) is 3. The molecular formula is C18H20N4O2S. The second kappa shape index (κ2) is 7.57. The van der Waals surface area contributed by atoms with Crippen molar-refractivity contribution in [2.75, 3.05) is 0 Å². The minimum absolute atomic E-state index is 0.0709. The van der Waals surface area contributed by atoms with E-state index in [4.69, 9.17) is 4.42 Å². The lowest BCUT2D eigenvalue weighted by Gasteiger charge is -2.14. The molecule has 25 heavy (non-hydrogen) atoms. The van der Waals surface area contributed by atoms with Gasteiger partial charge in [-0.15, -0.1) is 10.2 Å². The fourth-order valence-corrected chi connectivity index (χ4v) is 3.38. The largest absolute Gasteiger partial charge is 0.467 e. The Morgan fingerprint density at radius 2 is 2.04 bits per heavy atom. The summed E-state index contributed by atoms with van der Waals surface area (Å²) >= 11 is 1.39. The first kappa shape index (κ1) is 17.3. The molecule has 2 aromatic heterocycles. The average molecular weight is 356 g/mol. The maximum atomic E-state index is 12.3. The molecule has 0 fully saturated rings. The molecule has 1 amide bonds. The Morgan fingerprint density at radius 3 is 2.76 bits per heavy atom. The smallest absolute Gasteiger partial charge is 0.233 e. The van der Waals surface area contributed by atoms with Gasteiger partial charge in [-0.2, -0.15) is 0 Å². The zero-order valence-electron chi connectivity index (χ0n) is 14.4. The molecule has 0 radical (unpaired) electrons. The molecule has 3 aromatic rings. The maximum absolute atomic E-state index is 12.3. The zero-order chi connectivity index (χ0) is 17.8. The lowest BCUT2D eigenvalue weighted by molar-refractivity contribution is -0.120. The number of para-hydroxylation sites is 1. The number of thioether (sulfide) groups is 1. The number of carbonyl (C=O) groups is 1. The van der Waals surface area contributed by atoms with Crippen molar-refractivity contribution in [1.82, 2.24) is 20.1 Å². The van der Waals surface area contributed by atoms with Gasteiger partial charge in [-0.1, -0.05) is 30.0 Å². The fraction of sp³-hybridized carbons (Fsp3) is 0.278. The monoisotopic (exact) mass is 356 g/mol. The Balaban J connectivity index is 1.72. The second-order valence-electron chi connectivity index (χ2n) is 5.71. The van der Waals surface area contributed by atoms with E-state index in [-0.39, 0.29) is 11.2 Å². The van der Waals surface area contributed by atoms with E-state index in [1.165, 1.54) is 11.8 Å². The molecule has 0 unspecified atom stereocenters. The minimum Gasteiger partial charge on any atom is -0.467 e. The van der Waals surface area contributed by atoms with Crippen LogP contribution in [0.15, 0.2) is 52.2 Å². The van der Waals surface area contributed by atoms with Crippen molar-refractivity contribution >= 4 is 17.7 Å². The molecule has 1 aromatic carbocycles. The highest BCUT2D eigenvalue weighted by Gasteiger charge is 2.20. The summed E-state index contributed by atoms with van der Waals surface area (Å²) in [5.41, 5.74) is 2.15. The van der Waals surface area contributed by atoms with Crippen LogP contribution in [-0.4, -0.2) is 25.9 Å². The van der Waals surface area contributed by atoms with E-state index in [1.807, 2.05) is 55.7 Å². The highest BCUT2D eigenvalue weighted by molar-refractivity contribution is 8.00. The predicted octanol–water partition coefficient (Wildman–Crippen LogP) is 3.27. The van der Waals surface area contributed by atoms with Crippen molar-refractivity contribution in [3.05, 3.63) is 59.8 Å². The van der Waals surface area contributed by atoms with Gasteiger partial charge in [0.05, 0.1) is 23.7 Å². The number of aromatic nitrogens is 3. The third-order valence-corrected chi connectivity index (χ3v) is 4.86. The van der Waals surface area contributed by atoms with E-state index in [1.54, 1.807) is 12.3 Å². The van der Waals surface area contributed by atoms with Crippen molar-refractivity contribution in [1.29, 1.82) is 0 Å². The Bertz CT molecular complexity index is 858. The second-order valence-corrected chi connectivity index (χ2v) is 7.02. The van der Waals surface area contributed by atoms with Crippen LogP contribution in [0, 0.1) is 13.8 Å². The number of amides is 1. The van der Waals surface area contributed by atoms with Gasteiger partial charge >= 0.3 is 0 Å². The van der Waals surface area contributed by atoms with Gasteiger partial charge in [0.25, 0.3) is 0 Å². The Labute approximate surface area is 150 Å². The van der Waals surface area contributed by atoms with E-state index in [9.17, 15) is 4.79 Å². The normalized spacial score (nSPS) is 12.1. The summed E-state index contributed by atoms with van der Waals surface area (Å²) in [6, 6.07) is 11.7. The topological polar surface area (TPSA) is 73.0 Å². The van der Waals surface area contributed by atoms with Crippen LogP contribution in [0.1, 0.15) is 24.1 Å². The molecule has 0 aliphatic rings. The lowest BCUT2D eigenvalue weighted by atomic mass is 10.2. The molecule has 0 spiro atoms. The van der Waals surface area contributed by atoms with Crippen LogP contribution in [0.4, 0.5) is 0 Å². The number of furan rings is 1. The van der Waals surface area contributed by atoms with Crippen LogP contribution in [0.2, 0.25) is 0 Å². The summed E-state index contributed by atoms with van der Waals surface area (Å²) in [6.07, 6.45) is 1.59. The molecule has 0 saturated heterocycles. The zero-order valence-corrected chi connectivity index (χ0v) is 15.2. The maximum Gasteiger partial charge on any atom is 0.233 e. The fourth-order valence-electron chi connectivity index (χ4n) is 2.45. The molecular weight excluding hydrogens is 336 g/mol. The summed E-state index contributed by atoms with van der Waals surface area (Å²) in [5.74, 6) is 1.45. The standard InChI is InChI=1S/C18H20N4O2S/c1-12-7-4-5-9-16(12)22-14(3)20-21-18(22)25-13(2)17(23)19-11-15-8-6-10-24-15/h4-10,13H,11H2,1-3H3,(H,19,23)/t13-/m0/s1. The van der Waals surface area contributed by atoms with Crippen molar-refractivity contribution in [3.8, 4) is 5.69 Å². The molecule has 0 saturated carbocycles. The molecule has 0 bridgehead atoms. The van der Waals surface area contributed by atoms with Crippen LogP contribution in [0.3, 0.4) is 0 Å². The third-order valence-electron chi connectivity index (χ3n) is 3.82. The summed E-state index contributed by atoms with van der Waals surface area (Å²) in [5, 5.41) is 11.7. The summed E-state index contributed by atoms with van der Waals surface area (Å²) in [7, 11) is 0. The van der Waals surface area contributed by atoms with Gasteiger partial charge in [-0.3, -0.25) is 9.36 Å². The van der Waals surface area contributed by atoms with E-state index >= 15 is 0 Å². The first-order valence-electron chi connectivity index (χ1n) is 8.01. The van der Waals surface area contributed by atoms with Gasteiger partial charge in [-0.05, 0) is 44.5 Å². The highest BCUT2D eigenvalue weighted by Crippen LogP contribution is 2.27. The van der Waals surface area contributed by atoms with Crippen LogP contribution < -0.4 is 5.32 Å². The number of hydrogen-bond donors (Lipinski definition) is 1. The predicted molar refractivity (Wildman–Crippen MR) is 96.7 cm³/mol. The number of benzene rings is 1. The molecule has 0 aliphatic carbocycles. The SMILES string of the molecule is Cc1ccccc1-n1c(C)nnc1S[C@@H](C)C(=O)NCc1ccco1. The van der Waals surface area contributed by atoms with Crippen LogP contribution >= 0.6 is 11.8 Å². The number of aryl methyl sites for hydroxylation is 2. The third kappa shape index (κ3) is 3.93. The minimum atomic E-state index is -0.304. The van der Waals surface area contributed by atoms with Crippen LogP contribution in [0.5, 0.6) is 0 Å². The van der Waals surface area contributed by atoms with Gasteiger partial charge in [-0.25, -0.2) is 0 Å². The van der Waals surface area contributed by atoms with Crippen molar-refractivity contribution in [3.63, 3.8) is 0 Å². The number of hydrogen-bond acceptors (Lipinski definition) is 5. The van der Waals surface area contributed by atoms with E-state index in [0.717, 1.165) is 22.8 Å². The van der Waals surface area contributed by atoms with Crippen molar-refractivity contribution in [2.24, 2.45) is 0 Å². The number of rotatable bonds is 6. The molecule has 3 rings (SSSR count). The molecule has 0 aliphatic heterocycles. The van der Waals surface area contributed by atoms with E-state index in [0.29, 0.717) is 11.7 Å². The summed E-state index contributed by atoms with van der Waals surface area (Å²) < 4.78 is 7.21. The van der Waals surface area contributed by atoms with Gasteiger partial charge in [0, 0.05) is 0 Å². The molecule has 1 N–H and O–H groups in total. The van der Waals surface area contributed by atoms with Gasteiger partial charge in [0.15, 0.2) is 5.16 Å². The van der Waals surface area contributed by atoms with Crippen LogP contribution in [0.25, 0.3) is 5.69 Å². The van der Waals surface area contributed by atoms with Crippen molar-refractivity contribution < 1.29 is 9.21 Å². The molecule has 2 heterocycles. The summed E-state index contributed by atoms with van der Waals surface area (Å²) in [4.78, 5) is 12.3. The number of nitrogens with one attached hydrogen (secondary N) is 1. The quantitative estimate of drug-likeness (QED) is 0.686. The molecule has 7 heteroatoms. The highest BCUT2D eigenvalue weighted by atomic mass is 32.2. The van der Waals surface area contributed by atoms with E-state index in [2.05, 4.69) is 15.5 Å². The molecule has 6 nitrogen and oxygen atoms in total. The Hall–Kier alpha value is -2.54.